The molecule has 0 radical (unpaired) electrons. The quantitative estimate of drug-likeness (QED) is 0.634. The molecule has 3 saturated heterocycles. The maximum Gasteiger partial charge on any atom is 0.255 e. The van der Waals surface area contributed by atoms with Gasteiger partial charge in [-0.1, -0.05) is 6.07 Å². The van der Waals surface area contributed by atoms with E-state index < -0.39 is 0 Å². The first-order chi connectivity index (χ1) is 17.2. The highest BCUT2D eigenvalue weighted by Crippen LogP contribution is 2.43. The van der Waals surface area contributed by atoms with Crippen LogP contribution in [0, 0.1) is 11.8 Å². The first kappa shape index (κ1) is 23.9. The second-order valence-electron chi connectivity index (χ2n) is 10.3. The molecule has 3 fully saturated rings. The minimum atomic E-state index is 0.0858. The van der Waals surface area contributed by atoms with E-state index in [9.17, 15) is 9.59 Å². The largest absolute Gasteiger partial charge is 0.356 e. The van der Waals surface area contributed by atoms with Crippen LogP contribution in [0.1, 0.15) is 61.0 Å². The third-order valence-electron chi connectivity index (χ3n) is 8.17. The number of rotatable bonds is 8. The lowest BCUT2D eigenvalue weighted by molar-refractivity contribution is -0.121. The number of carbonyl (C=O) groups excluding carboxylic acids is 2. The predicted octanol–water partition coefficient (Wildman–Crippen LogP) is 3.32. The number of carbonyl (C=O) groups is 2. The van der Waals surface area contributed by atoms with Crippen molar-refractivity contribution in [3.63, 3.8) is 0 Å². The molecule has 5 rings (SSSR count). The summed E-state index contributed by atoms with van der Waals surface area (Å²) in [6.45, 7) is 3.82. The molecule has 186 valence electrons. The molecular formula is C28H37N5O2. The van der Waals surface area contributed by atoms with Crippen molar-refractivity contribution in [3.05, 3.63) is 60.2 Å². The molecule has 7 heteroatoms. The Morgan fingerprint density at radius 1 is 1.06 bits per heavy atom. The van der Waals surface area contributed by atoms with Gasteiger partial charge in [-0.05, 0) is 87.7 Å². The molecule has 2 amide bonds. The van der Waals surface area contributed by atoms with Crippen molar-refractivity contribution < 1.29 is 9.59 Å². The number of likely N-dealkylation sites (tertiary alicyclic amines) is 1. The molecule has 0 unspecified atom stereocenters. The molecule has 2 aromatic rings. The van der Waals surface area contributed by atoms with Crippen LogP contribution in [0.15, 0.2) is 48.9 Å². The van der Waals surface area contributed by atoms with Crippen LogP contribution in [0.4, 0.5) is 0 Å². The van der Waals surface area contributed by atoms with Crippen LogP contribution < -0.4 is 5.32 Å². The van der Waals surface area contributed by atoms with Gasteiger partial charge < -0.3 is 10.2 Å². The van der Waals surface area contributed by atoms with E-state index in [-0.39, 0.29) is 17.9 Å². The van der Waals surface area contributed by atoms with Crippen molar-refractivity contribution in [2.24, 2.45) is 11.8 Å². The molecule has 3 aliphatic heterocycles. The maximum atomic E-state index is 13.6. The molecule has 0 aliphatic carbocycles. The molecule has 7 nitrogen and oxygen atoms in total. The number of aromatic nitrogens is 2. The predicted molar refractivity (Wildman–Crippen MR) is 135 cm³/mol. The molecule has 1 N–H and O–H groups in total. The molecule has 0 aromatic carbocycles. The average molecular weight is 476 g/mol. The van der Waals surface area contributed by atoms with Crippen molar-refractivity contribution in [3.8, 4) is 0 Å². The van der Waals surface area contributed by atoms with E-state index >= 15 is 0 Å². The fourth-order valence-electron chi connectivity index (χ4n) is 6.69. The fourth-order valence-corrected chi connectivity index (χ4v) is 6.69. The van der Waals surface area contributed by atoms with Gasteiger partial charge >= 0.3 is 0 Å². The van der Waals surface area contributed by atoms with E-state index in [0.29, 0.717) is 36.4 Å². The molecule has 35 heavy (non-hydrogen) atoms. The van der Waals surface area contributed by atoms with Gasteiger partial charge in [-0.3, -0.25) is 24.5 Å². The monoisotopic (exact) mass is 475 g/mol. The van der Waals surface area contributed by atoms with Crippen molar-refractivity contribution >= 4 is 11.8 Å². The minimum absolute atomic E-state index is 0.0858. The lowest BCUT2D eigenvalue weighted by Gasteiger charge is -2.57. The van der Waals surface area contributed by atoms with E-state index in [1.165, 1.54) is 38.8 Å². The lowest BCUT2D eigenvalue weighted by atomic mass is 9.69. The van der Waals surface area contributed by atoms with Gasteiger partial charge in [0.25, 0.3) is 5.91 Å². The number of hydrogen-bond acceptors (Lipinski definition) is 5. The molecule has 0 bridgehead atoms. The van der Waals surface area contributed by atoms with Crippen LogP contribution in [0.5, 0.6) is 0 Å². The third-order valence-corrected chi connectivity index (χ3v) is 8.17. The number of nitrogens with one attached hydrogen (secondary N) is 1. The number of amides is 2. The summed E-state index contributed by atoms with van der Waals surface area (Å²) in [7, 11) is 0. The second-order valence-corrected chi connectivity index (χ2v) is 10.3. The first-order valence-electron chi connectivity index (χ1n) is 13.3. The Hall–Kier alpha value is -2.80. The van der Waals surface area contributed by atoms with Crippen LogP contribution in [-0.2, 0) is 11.2 Å². The van der Waals surface area contributed by atoms with Gasteiger partial charge in [0.05, 0.1) is 5.56 Å². The van der Waals surface area contributed by atoms with E-state index in [4.69, 9.17) is 0 Å². The highest BCUT2D eigenvalue weighted by molar-refractivity contribution is 5.94. The van der Waals surface area contributed by atoms with Gasteiger partial charge in [0.1, 0.15) is 0 Å². The normalized spacial score (nSPS) is 26.1. The van der Waals surface area contributed by atoms with E-state index in [1.54, 1.807) is 18.6 Å². The zero-order chi connectivity index (χ0) is 24.0. The highest BCUT2D eigenvalue weighted by atomic mass is 16.2. The van der Waals surface area contributed by atoms with Crippen LogP contribution in [0.3, 0.4) is 0 Å². The molecule has 0 spiro atoms. The van der Waals surface area contributed by atoms with E-state index in [2.05, 4.69) is 25.1 Å². The van der Waals surface area contributed by atoms with Crippen LogP contribution >= 0.6 is 0 Å². The minimum Gasteiger partial charge on any atom is -0.356 e. The summed E-state index contributed by atoms with van der Waals surface area (Å²) in [6.07, 6.45) is 12.9. The Morgan fingerprint density at radius 2 is 1.94 bits per heavy atom. The molecule has 2 aromatic heterocycles. The summed E-state index contributed by atoms with van der Waals surface area (Å²) in [6, 6.07) is 10.3. The van der Waals surface area contributed by atoms with Crippen molar-refractivity contribution in [1.82, 2.24) is 25.1 Å². The Morgan fingerprint density at radius 3 is 2.74 bits per heavy atom. The Balaban J connectivity index is 1.22. The topological polar surface area (TPSA) is 78.4 Å². The fraction of sp³-hybridized carbons (Fsp3) is 0.571. The average Bonchev–Trinajstić information content (AvgIpc) is 2.90. The summed E-state index contributed by atoms with van der Waals surface area (Å²) in [4.78, 5) is 39.5. The molecule has 0 saturated carbocycles. The molecule has 3 aliphatic rings. The summed E-state index contributed by atoms with van der Waals surface area (Å²) in [5.41, 5.74) is 1.66. The summed E-state index contributed by atoms with van der Waals surface area (Å²) < 4.78 is 0. The van der Waals surface area contributed by atoms with Gasteiger partial charge in [-0.2, -0.15) is 0 Å². The Bertz CT molecular complexity index is 983. The van der Waals surface area contributed by atoms with Crippen LogP contribution in [0.25, 0.3) is 0 Å². The third kappa shape index (κ3) is 5.56. The Labute approximate surface area is 208 Å². The highest BCUT2D eigenvalue weighted by Gasteiger charge is 2.49. The van der Waals surface area contributed by atoms with E-state index in [1.807, 2.05) is 30.3 Å². The van der Waals surface area contributed by atoms with E-state index in [0.717, 1.165) is 31.5 Å². The number of hydrogen-bond donors (Lipinski definition) is 1. The molecular weight excluding hydrogens is 438 g/mol. The number of pyridine rings is 2. The second kappa shape index (κ2) is 11.3. The smallest absolute Gasteiger partial charge is 0.255 e. The summed E-state index contributed by atoms with van der Waals surface area (Å²) in [5.74, 6) is 1.24. The standard InChI is InChI=1S/C28H37N5O2/c34-26(31-16-13-23-9-1-2-15-30-23)12-3-11-25-24-10-6-18-32-17-5-8-22(27(24)32)20-33(25)28(35)21-7-4-14-29-19-21/h1-2,4,7,9,14-15,19,22,24-25,27H,3,5-6,8,10-13,16-18,20H2,(H,31,34)/t22-,24+,25+,27-/m0/s1. The maximum absolute atomic E-state index is 13.6. The van der Waals surface area contributed by atoms with Gasteiger partial charge in [-0.25, -0.2) is 0 Å². The number of piperidine rings is 3. The van der Waals surface area contributed by atoms with Crippen LogP contribution in [0.2, 0.25) is 0 Å². The van der Waals surface area contributed by atoms with Gasteiger partial charge in [-0.15, -0.1) is 0 Å². The van der Waals surface area contributed by atoms with Crippen molar-refractivity contribution in [1.29, 1.82) is 0 Å². The zero-order valence-corrected chi connectivity index (χ0v) is 20.5. The lowest BCUT2D eigenvalue weighted by Crippen LogP contribution is -2.65. The van der Waals surface area contributed by atoms with Crippen LogP contribution in [-0.4, -0.2) is 69.8 Å². The van der Waals surface area contributed by atoms with Crippen molar-refractivity contribution in [2.75, 3.05) is 26.2 Å². The van der Waals surface area contributed by atoms with Gasteiger partial charge in [0.15, 0.2) is 0 Å². The van der Waals surface area contributed by atoms with Crippen molar-refractivity contribution in [2.45, 2.75) is 63.5 Å². The zero-order valence-electron chi connectivity index (χ0n) is 20.5. The molecule has 4 atom stereocenters. The Kier molecular flexibility index (Phi) is 7.72. The van der Waals surface area contributed by atoms with Gasteiger partial charge in [0, 0.05) is 62.3 Å². The van der Waals surface area contributed by atoms with Gasteiger partial charge in [0.2, 0.25) is 5.91 Å². The summed E-state index contributed by atoms with van der Waals surface area (Å²) >= 11 is 0. The SMILES string of the molecule is O=C(CCC[C@@H]1[C@H]2CCCN3CCC[C@@H](CN1C(=O)c1cccnc1)[C@@H]23)NCCc1ccccn1. The molecule has 5 heterocycles. The first-order valence-corrected chi connectivity index (χ1v) is 13.3. The summed E-state index contributed by atoms with van der Waals surface area (Å²) in [5, 5.41) is 3.04. The number of nitrogens with zero attached hydrogens (tertiary/aromatic N) is 4.